The number of piperidine rings is 1. The van der Waals surface area contributed by atoms with Gasteiger partial charge in [-0.1, -0.05) is 13.0 Å². The molecule has 1 saturated heterocycles. The van der Waals surface area contributed by atoms with E-state index in [1.165, 1.54) is 26.0 Å². The Bertz CT molecular complexity index is 1200. The summed E-state index contributed by atoms with van der Waals surface area (Å²) in [6.45, 7) is 3.32. The van der Waals surface area contributed by atoms with Gasteiger partial charge in [0.1, 0.15) is 11.3 Å². The molecule has 1 aliphatic heterocycles. The fourth-order valence-corrected chi connectivity index (χ4v) is 7.81. The summed E-state index contributed by atoms with van der Waals surface area (Å²) in [6.07, 6.45) is 4.83. The van der Waals surface area contributed by atoms with Crippen LogP contribution in [0.25, 0.3) is 0 Å². The highest BCUT2D eigenvalue weighted by Gasteiger charge is 2.69. The first kappa shape index (κ1) is 24.6. The smallest absolute Gasteiger partial charge is 0.331 e. The largest absolute Gasteiger partial charge is 0.512 e. The van der Waals surface area contributed by atoms with Crippen LogP contribution in [0.4, 0.5) is 0 Å². The normalized spacial score (nSPS) is 34.1. The molecule has 5 N–H and O–H groups in total. The average Bonchev–Trinajstić information content (AvgIpc) is 3.66. The van der Waals surface area contributed by atoms with Crippen molar-refractivity contribution in [3.63, 3.8) is 0 Å². The van der Waals surface area contributed by atoms with Crippen molar-refractivity contribution in [2.45, 2.75) is 80.9 Å². The molecule has 6 rings (SSSR count). The lowest BCUT2D eigenvalue weighted by atomic mass is 9.46. The number of methoxy groups -OCH3 is 1. The Morgan fingerprint density at radius 2 is 1.89 bits per heavy atom. The highest BCUT2D eigenvalue weighted by atomic mass is 16.5. The lowest BCUT2D eigenvalue weighted by Crippen LogP contribution is -2.75. The first-order valence-electron chi connectivity index (χ1n) is 13.4. The van der Waals surface area contributed by atoms with Gasteiger partial charge in [-0.2, -0.15) is 0 Å². The Morgan fingerprint density at radius 1 is 1.16 bits per heavy atom. The van der Waals surface area contributed by atoms with Crippen LogP contribution in [0.15, 0.2) is 23.5 Å². The van der Waals surface area contributed by atoms with Crippen LogP contribution in [-0.4, -0.2) is 74.6 Å². The van der Waals surface area contributed by atoms with Gasteiger partial charge in [0, 0.05) is 35.9 Å². The highest BCUT2D eigenvalue weighted by molar-refractivity contribution is 5.99. The number of phenols is 2. The van der Waals surface area contributed by atoms with Gasteiger partial charge in [-0.05, 0) is 69.0 Å². The Morgan fingerprint density at radius 3 is 2.51 bits per heavy atom. The van der Waals surface area contributed by atoms with Gasteiger partial charge in [0.25, 0.3) is 5.91 Å². The molecule has 4 atom stereocenters. The molecule has 0 radical (unpaired) electrons. The van der Waals surface area contributed by atoms with Gasteiger partial charge in [0.2, 0.25) is 0 Å². The Labute approximate surface area is 216 Å². The van der Waals surface area contributed by atoms with E-state index in [1.54, 1.807) is 13.0 Å². The highest BCUT2D eigenvalue weighted by Crippen LogP contribution is 2.64. The van der Waals surface area contributed by atoms with Crippen molar-refractivity contribution >= 4 is 11.9 Å². The molecule has 0 aromatic heterocycles. The van der Waals surface area contributed by atoms with E-state index in [9.17, 15) is 30.0 Å². The number of aliphatic hydroxyl groups excluding tert-OH is 1. The number of carbonyl (C=O) groups is 2. The molecule has 1 aromatic carbocycles. The molecule has 37 heavy (non-hydrogen) atoms. The number of hydrogen-bond donors (Lipinski definition) is 5. The number of amides is 1. The minimum absolute atomic E-state index is 0.0715. The van der Waals surface area contributed by atoms with Gasteiger partial charge in [0.15, 0.2) is 11.5 Å². The lowest BCUT2D eigenvalue weighted by Gasteiger charge is -2.65. The molecule has 2 bridgehead atoms. The number of benzene rings is 1. The number of likely N-dealkylation sites (tertiary alicyclic amines) is 1. The van der Waals surface area contributed by atoms with E-state index in [2.05, 4.69) is 10.2 Å². The number of hydrogen-bond acceptors (Lipinski definition) is 8. The van der Waals surface area contributed by atoms with Crippen LogP contribution in [0.3, 0.4) is 0 Å². The maximum atomic E-state index is 13.6. The van der Waals surface area contributed by atoms with Crippen molar-refractivity contribution < 1.29 is 34.8 Å². The number of aromatic hydroxyl groups is 2. The number of nitrogens with zero attached hydrogens (tertiary/aromatic N) is 1. The molecule has 4 aliphatic carbocycles. The first-order chi connectivity index (χ1) is 17.6. The minimum atomic E-state index is -1.48. The van der Waals surface area contributed by atoms with Crippen LogP contribution < -0.4 is 5.32 Å². The molecule has 2 saturated carbocycles. The second-order valence-electron chi connectivity index (χ2n) is 11.9. The van der Waals surface area contributed by atoms with E-state index in [4.69, 9.17) is 4.74 Å². The van der Waals surface area contributed by atoms with Crippen LogP contribution >= 0.6 is 0 Å². The fraction of sp³-hybridized carbons (Fsp3) is 0.643. The van der Waals surface area contributed by atoms with E-state index in [1.807, 2.05) is 0 Å². The summed E-state index contributed by atoms with van der Waals surface area (Å²) < 4.78 is 4.94. The van der Waals surface area contributed by atoms with E-state index < -0.39 is 34.3 Å². The molecule has 3 fully saturated rings. The third-order valence-electron chi connectivity index (χ3n) is 10.2. The summed E-state index contributed by atoms with van der Waals surface area (Å²) in [7, 11) is 1.29. The summed E-state index contributed by atoms with van der Waals surface area (Å²) in [5.74, 6) is -1.88. The van der Waals surface area contributed by atoms with Crippen LogP contribution in [0, 0.1) is 11.8 Å². The summed E-state index contributed by atoms with van der Waals surface area (Å²) in [5, 5.41) is 48.5. The SMILES string of the molecule is COC(=O)C1(NC(=O)C2=C(O)[C@H](C)[C@]34CCN(CC5CC5)[C@H](Cc5ccc(O)c(O)c53)[C@]4(O)C2)CCC1. The van der Waals surface area contributed by atoms with E-state index >= 15 is 0 Å². The van der Waals surface area contributed by atoms with E-state index in [-0.39, 0.29) is 35.3 Å². The van der Waals surface area contributed by atoms with Crippen molar-refractivity contribution in [3.05, 3.63) is 34.6 Å². The van der Waals surface area contributed by atoms with Crippen LogP contribution in [0.1, 0.15) is 63.0 Å². The zero-order valence-corrected chi connectivity index (χ0v) is 21.4. The molecule has 1 heterocycles. The van der Waals surface area contributed by atoms with Gasteiger partial charge in [0.05, 0.1) is 18.3 Å². The predicted octanol–water partition coefficient (Wildman–Crippen LogP) is 2.17. The molecule has 0 unspecified atom stereocenters. The summed E-state index contributed by atoms with van der Waals surface area (Å²) in [6, 6.07) is 2.95. The summed E-state index contributed by atoms with van der Waals surface area (Å²) >= 11 is 0. The lowest BCUT2D eigenvalue weighted by molar-refractivity contribution is -0.172. The monoisotopic (exact) mass is 512 g/mol. The maximum Gasteiger partial charge on any atom is 0.331 e. The Kier molecular flexibility index (Phi) is 5.38. The van der Waals surface area contributed by atoms with Crippen molar-refractivity contribution in [2.75, 3.05) is 20.2 Å². The molecule has 9 heteroatoms. The van der Waals surface area contributed by atoms with Gasteiger partial charge >= 0.3 is 5.97 Å². The zero-order chi connectivity index (χ0) is 26.3. The van der Waals surface area contributed by atoms with Crippen LogP contribution in [-0.2, 0) is 26.2 Å². The summed E-state index contributed by atoms with van der Waals surface area (Å²) in [4.78, 5) is 28.4. The third-order valence-corrected chi connectivity index (χ3v) is 10.2. The second-order valence-corrected chi connectivity index (χ2v) is 11.9. The number of nitrogens with one attached hydrogen (secondary N) is 1. The molecule has 9 nitrogen and oxygen atoms in total. The molecule has 1 amide bonds. The number of fused-ring (bicyclic) bond motifs is 1. The molecular formula is C28H36N2O7. The standard InChI is InChI=1S/C28H36N2O7/c1-15-22(32)18(24(34)29-26(8-3-9-26)25(35)37-2)13-28(36)20-12-17-6-7-19(31)23(33)21(17)27(15,28)10-11-30(20)14-16-4-5-16/h6-7,15-16,20,31-33,36H,3-5,8-14H2,1-2H3,(H,29,34)/t15-,20+,27+,28+/m0/s1. The quantitative estimate of drug-likeness (QED) is 0.299. The molecular weight excluding hydrogens is 476 g/mol. The first-order valence-corrected chi connectivity index (χ1v) is 13.4. The van der Waals surface area contributed by atoms with Crippen molar-refractivity contribution in [2.24, 2.45) is 11.8 Å². The number of esters is 1. The Balaban J connectivity index is 1.46. The van der Waals surface area contributed by atoms with Gasteiger partial charge in [-0.3, -0.25) is 9.69 Å². The number of allylic oxidation sites excluding steroid dienone is 1. The zero-order valence-electron chi connectivity index (χ0n) is 21.4. The number of carbonyl (C=O) groups excluding carboxylic acids is 2. The van der Waals surface area contributed by atoms with E-state index in [0.29, 0.717) is 43.7 Å². The van der Waals surface area contributed by atoms with Gasteiger partial charge < -0.3 is 30.5 Å². The van der Waals surface area contributed by atoms with Crippen LogP contribution in [0.2, 0.25) is 0 Å². The number of ether oxygens (including phenoxy) is 1. The molecule has 1 aromatic rings. The topological polar surface area (TPSA) is 140 Å². The van der Waals surface area contributed by atoms with Gasteiger partial charge in [-0.15, -0.1) is 0 Å². The average molecular weight is 513 g/mol. The predicted molar refractivity (Wildman–Crippen MR) is 133 cm³/mol. The fourth-order valence-electron chi connectivity index (χ4n) is 7.81. The Hall–Kier alpha value is -2.78. The van der Waals surface area contributed by atoms with Gasteiger partial charge in [-0.25, -0.2) is 4.79 Å². The van der Waals surface area contributed by atoms with Crippen LogP contribution in [0.5, 0.6) is 11.5 Å². The van der Waals surface area contributed by atoms with E-state index in [0.717, 1.165) is 18.5 Å². The molecule has 200 valence electrons. The minimum Gasteiger partial charge on any atom is -0.512 e. The summed E-state index contributed by atoms with van der Waals surface area (Å²) in [5.41, 5.74) is -2.29. The second kappa shape index (κ2) is 8.11. The van der Waals surface area contributed by atoms with Crippen molar-refractivity contribution in [3.8, 4) is 11.5 Å². The maximum absolute atomic E-state index is 13.6. The number of aliphatic hydroxyl groups is 2. The molecule has 5 aliphatic rings. The number of rotatable bonds is 5. The third kappa shape index (κ3) is 3.22. The van der Waals surface area contributed by atoms with Crippen molar-refractivity contribution in [1.82, 2.24) is 10.2 Å². The van der Waals surface area contributed by atoms with Crippen molar-refractivity contribution in [1.29, 1.82) is 0 Å². The number of phenolic OH excluding ortho intramolecular Hbond substituents is 2. The molecule has 0 spiro atoms.